The highest BCUT2D eigenvalue weighted by molar-refractivity contribution is 8.02. The molecule has 1 aliphatic rings. The lowest BCUT2D eigenvalue weighted by atomic mass is 9.96. The van der Waals surface area contributed by atoms with E-state index in [-0.39, 0.29) is 11.4 Å². The highest BCUT2D eigenvalue weighted by Crippen LogP contribution is 2.34. The Bertz CT molecular complexity index is 758. The lowest BCUT2D eigenvalue weighted by Gasteiger charge is -2.49. The molecular weight excluding hydrogens is 339 g/mol. The molecule has 0 amide bonds. The molecule has 0 bridgehead atoms. The highest BCUT2D eigenvalue weighted by Gasteiger charge is 2.41. The second-order valence-corrected chi connectivity index (χ2v) is 7.01. The Morgan fingerprint density at radius 2 is 2.12 bits per heavy atom. The third-order valence-corrected chi connectivity index (χ3v) is 4.78. The van der Waals surface area contributed by atoms with Crippen molar-refractivity contribution in [3.05, 3.63) is 59.0 Å². The highest BCUT2D eigenvalue weighted by atomic mass is 32.2. The van der Waals surface area contributed by atoms with Gasteiger partial charge in [-0.25, -0.2) is 9.37 Å². The third-order valence-electron chi connectivity index (χ3n) is 3.99. The first-order valence-corrected chi connectivity index (χ1v) is 9.19. The number of ether oxygens (including phenoxy) is 2. The maximum absolute atomic E-state index is 13.3. The lowest BCUT2D eigenvalue weighted by Crippen LogP contribution is -2.62. The molecule has 4 nitrogen and oxygen atoms in total. The van der Waals surface area contributed by atoms with Gasteiger partial charge in [-0.05, 0) is 43.0 Å². The van der Waals surface area contributed by atoms with E-state index in [9.17, 15) is 4.39 Å². The van der Waals surface area contributed by atoms with E-state index >= 15 is 0 Å². The van der Waals surface area contributed by atoms with Gasteiger partial charge in [-0.3, -0.25) is 0 Å². The fraction of sp³-hybridized carbons (Fsp3) is 0.316. The van der Waals surface area contributed by atoms with E-state index < -0.39 is 0 Å². The molecule has 1 fully saturated rings. The number of hydrogen-bond donors (Lipinski definition) is 0. The average Bonchev–Trinajstić information content (AvgIpc) is 2.58. The standard InChI is InChI=1S/C19H21FN2O2S/c1-19(24-16-6-4-5-15(20)10-16)12-22(13-19)18(25-3)9-14-7-8-17(23-2)21-11-14/h4-11H,12-13H2,1-3H3. The van der Waals surface area contributed by atoms with Gasteiger partial charge in [0.2, 0.25) is 5.88 Å². The Morgan fingerprint density at radius 1 is 1.32 bits per heavy atom. The van der Waals surface area contributed by atoms with Crippen LogP contribution >= 0.6 is 11.8 Å². The molecule has 132 valence electrons. The van der Waals surface area contributed by atoms with E-state index in [1.807, 2.05) is 25.3 Å². The molecule has 6 heteroatoms. The molecule has 1 saturated heterocycles. The minimum absolute atomic E-state index is 0.283. The number of nitrogens with zero attached hydrogens (tertiary/aromatic N) is 2. The van der Waals surface area contributed by atoms with E-state index in [0.717, 1.165) is 23.7 Å². The summed E-state index contributed by atoms with van der Waals surface area (Å²) in [6.45, 7) is 3.54. The van der Waals surface area contributed by atoms with Gasteiger partial charge >= 0.3 is 0 Å². The quantitative estimate of drug-likeness (QED) is 0.777. The number of thioether (sulfide) groups is 1. The van der Waals surface area contributed by atoms with Gasteiger partial charge in [0, 0.05) is 18.3 Å². The van der Waals surface area contributed by atoms with Crippen molar-refractivity contribution in [1.82, 2.24) is 9.88 Å². The molecule has 0 spiro atoms. The van der Waals surface area contributed by atoms with Gasteiger partial charge in [-0.15, -0.1) is 11.8 Å². The molecule has 1 aromatic carbocycles. The summed E-state index contributed by atoms with van der Waals surface area (Å²) in [7, 11) is 1.60. The van der Waals surface area contributed by atoms with E-state index in [1.54, 1.807) is 37.2 Å². The van der Waals surface area contributed by atoms with Crippen molar-refractivity contribution in [3.63, 3.8) is 0 Å². The molecule has 1 aromatic heterocycles. The summed E-state index contributed by atoms with van der Waals surface area (Å²) in [5.41, 5.74) is 0.700. The first-order chi connectivity index (χ1) is 12.0. The van der Waals surface area contributed by atoms with Gasteiger partial charge < -0.3 is 14.4 Å². The third kappa shape index (κ3) is 4.25. The number of halogens is 1. The van der Waals surface area contributed by atoms with Gasteiger partial charge in [0.25, 0.3) is 0 Å². The van der Waals surface area contributed by atoms with Crippen LogP contribution in [0.25, 0.3) is 6.08 Å². The fourth-order valence-electron chi connectivity index (χ4n) is 2.82. The van der Waals surface area contributed by atoms with Crippen LogP contribution in [0.5, 0.6) is 11.6 Å². The Kier molecular flexibility index (Phi) is 5.18. The fourth-order valence-corrected chi connectivity index (χ4v) is 3.46. The average molecular weight is 360 g/mol. The Morgan fingerprint density at radius 3 is 2.72 bits per heavy atom. The van der Waals surface area contributed by atoms with Crippen molar-refractivity contribution in [2.45, 2.75) is 12.5 Å². The minimum Gasteiger partial charge on any atom is -0.484 e. The van der Waals surface area contributed by atoms with Crippen LogP contribution in [0.1, 0.15) is 12.5 Å². The zero-order valence-electron chi connectivity index (χ0n) is 14.5. The molecule has 25 heavy (non-hydrogen) atoms. The summed E-state index contributed by atoms with van der Waals surface area (Å²) >= 11 is 1.68. The molecule has 2 heterocycles. The molecule has 0 radical (unpaired) electrons. The number of pyridine rings is 1. The molecule has 0 N–H and O–H groups in total. The van der Waals surface area contributed by atoms with Crippen molar-refractivity contribution in [2.24, 2.45) is 0 Å². The summed E-state index contributed by atoms with van der Waals surface area (Å²) in [4.78, 5) is 6.47. The monoisotopic (exact) mass is 360 g/mol. The second kappa shape index (κ2) is 7.35. The van der Waals surface area contributed by atoms with E-state index in [2.05, 4.69) is 16.0 Å². The van der Waals surface area contributed by atoms with Crippen LogP contribution in [0.4, 0.5) is 4.39 Å². The van der Waals surface area contributed by atoms with Crippen LogP contribution in [0.15, 0.2) is 47.6 Å². The molecule has 0 aliphatic carbocycles. The molecule has 0 unspecified atom stereocenters. The van der Waals surface area contributed by atoms with E-state index in [1.165, 1.54) is 12.1 Å². The number of aromatic nitrogens is 1. The second-order valence-electron chi connectivity index (χ2n) is 6.19. The summed E-state index contributed by atoms with van der Waals surface area (Å²) in [6, 6.07) is 10.1. The Hall–Kier alpha value is -2.21. The predicted molar refractivity (Wildman–Crippen MR) is 99.3 cm³/mol. The normalized spacial score (nSPS) is 16.3. The molecule has 2 aromatic rings. The van der Waals surface area contributed by atoms with E-state index in [4.69, 9.17) is 9.47 Å². The first kappa shape index (κ1) is 17.6. The van der Waals surface area contributed by atoms with Crippen LogP contribution in [-0.4, -0.2) is 41.9 Å². The van der Waals surface area contributed by atoms with Crippen molar-refractivity contribution in [3.8, 4) is 11.6 Å². The SMILES string of the molecule is COc1ccc(C=C(SC)N2CC(C)(Oc3cccc(F)c3)C2)cn1. The molecule has 0 saturated carbocycles. The zero-order valence-corrected chi connectivity index (χ0v) is 15.3. The maximum atomic E-state index is 13.3. The number of methoxy groups -OCH3 is 1. The smallest absolute Gasteiger partial charge is 0.212 e. The largest absolute Gasteiger partial charge is 0.484 e. The van der Waals surface area contributed by atoms with Gasteiger partial charge in [0.15, 0.2) is 0 Å². The number of hydrogen-bond acceptors (Lipinski definition) is 5. The van der Waals surface area contributed by atoms with Crippen LogP contribution in [-0.2, 0) is 0 Å². The topological polar surface area (TPSA) is 34.6 Å². The molecule has 1 aliphatic heterocycles. The summed E-state index contributed by atoms with van der Waals surface area (Å²) in [6.07, 6.45) is 5.93. The summed E-state index contributed by atoms with van der Waals surface area (Å²) < 4.78 is 24.4. The first-order valence-electron chi connectivity index (χ1n) is 7.97. The van der Waals surface area contributed by atoms with Gasteiger partial charge in [0.1, 0.15) is 17.2 Å². The van der Waals surface area contributed by atoms with E-state index in [0.29, 0.717) is 11.6 Å². The maximum Gasteiger partial charge on any atom is 0.212 e. The van der Waals surface area contributed by atoms with Crippen molar-refractivity contribution in [2.75, 3.05) is 26.5 Å². The minimum atomic E-state index is -0.319. The van der Waals surface area contributed by atoms with Crippen molar-refractivity contribution < 1.29 is 13.9 Å². The lowest BCUT2D eigenvalue weighted by molar-refractivity contribution is -0.0402. The zero-order chi connectivity index (χ0) is 17.9. The molecule has 0 atom stereocenters. The van der Waals surface area contributed by atoms with Crippen LogP contribution < -0.4 is 9.47 Å². The van der Waals surface area contributed by atoms with Crippen molar-refractivity contribution >= 4 is 17.8 Å². The number of benzene rings is 1. The Balaban J connectivity index is 1.65. The summed E-state index contributed by atoms with van der Waals surface area (Å²) in [5.74, 6) is 0.882. The van der Waals surface area contributed by atoms with Crippen LogP contribution in [0, 0.1) is 5.82 Å². The summed E-state index contributed by atoms with van der Waals surface area (Å²) in [5, 5.41) is 1.15. The number of rotatable bonds is 6. The Labute approximate surface area is 151 Å². The predicted octanol–water partition coefficient (Wildman–Crippen LogP) is 4.04. The molecular formula is C19H21FN2O2S. The number of likely N-dealkylation sites (tertiary alicyclic amines) is 1. The van der Waals surface area contributed by atoms with Gasteiger partial charge in [0.05, 0.1) is 25.2 Å². The van der Waals surface area contributed by atoms with Crippen molar-refractivity contribution in [1.29, 1.82) is 0 Å². The van der Waals surface area contributed by atoms with Gasteiger partial charge in [-0.2, -0.15) is 0 Å². The van der Waals surface area contributed by atoms with Gasteiger partial charge in [-0.1, -0.05) is 6.07 Å². The van der Waals surface area contributed by atoms with Crippen LogP contribution in [0.3, 0.4) is 0 Å². The van der Waals surface area contributed by atoms with Crippen LogP contribution in [0.2, 0.25) is 0 Å². The molecule has 3 rings (SSSR count).